The van der Waals surface area contributed by atoms with Crippen LogP contribution in [-0.4, -0.2) is 17.6 Å². The summed E-state index contributed by atoms with van der Waals surface area (Å²) in [5.41, 5.74) is 4.97. The Kier molecular flexibility index (Phi) is 3.54. The molecule has 1 N–H and O–H groups in total. The fraction of sp³-hybridized carbons (Fsp3) is 0.158. The third-order valence-electron chi connectivity index (χ3n) is 4.74. The summed E-state index contributed by atoms with van der Waals surface area (Å²) >= 11 is 14.2. The number of fused-ring (bicyclic) bond motifs is 3. The van der Waals surface area contributed by atoms with Gasteiger partial charge in [0.25, 0.3) is 0 Å². The number of nitrogens with one attached hydrogen (secondary N) is 1. The van der Waals surface area contributed by atoms with Gasteiger partial charge in [0.05, 0.1) is 26.5 Å². The number of benzene rings is 2. The van der Waals surface area contributed by atoms with Crippen LogP contribution in [0.5, 0.6) is 0 Å². The molecule has 0 aliphatic carbocycles. The number of carbonyl (C=O) groups excluding carboxylic acids is 1. The molecule has 0 bridgehead atoms. The number of carbonyl (C=O) groups is 1. The fourth-order valence-corrected chi connectivity index (χ4v) is 5.05. The molecule has 4 nitrogen and oxygen atoms in total. The molecule has 2 aliphatic heterocycles. The minimum atomic E-state index is -0.341. The summed E-state index contributed by atoms with van der Waals surface area (Å²) in [5.74, 6) is -0.663. The Morgan fingerprint density at radius 1 is 1.27 bits per heavy atom. The first-order valence-corrected chi connectivity index (χ1v) is 9.62. The van der Waals surface area contributed by atoms with Crippen LogP contribution in [0.25, 0.3) is 10.2 Å². The second-order valence-corrected chi connectivity index (χ2v) is 8.38. The molecule has 3 heterocycles. The third-order valence-corrected chi connectivity index (χ3v) is 6.23. The largest absolute Gasteiger partial charge is 0.456 e. The summed E-state index contributed by atoms with van der Waals surface area (Å²) in [6.45, 7) is 2.22. The van der Waals surface area contributed by atoms with Gasteiger partial charge in [-0.25, -0.2) is 9.78 Å². The second kappa shape index (κ2) is 5.71. The molecule has 0 spiro atoms. The van der Waals surface area contributed by atoms with Gasteiger partial charge < -0.3 is 10.1 Å². The van der Waals surface area contributed by atoms with E-state index in [0.717, 1.165) is 37.7 Å². The minimum absolute atomic E-state index is 0.240. The fourth-order valence-electron chi connectivity index (χ4n) is 3.69. The maximum Gasteiger partial charge on any atom is 0.337 e. The Bertz CT molecular complexity index is 1140. The van der Waals surface area contributed by atoms with E-state index in [-0.39, 0.29) is 18.5 Å². The number of aryl methyl sites for hydroxylation is 1. The Balaban J connectivity index is 1.85. The highest BCUT2D eigenvalue weighted by molar-refractivity contribution is 7.18. The molecular formula is C19H12Cl2N2O2S. The number of rotatable bonds is 1. The van der Waals surface area contributed by atoms with E-state index in [4.69, 9.17) is 32.9 Å². The van der Waals surface area contributed by atoms with E-state index in [1.54, 1.807) is 23.5 Å². The molecule has 5 rings (SSSR count). The lowest BCUT2D eigenvalue weighted by Gasteiger charge is -2.28. The van der Waals surface area contributed by atoms with Crippen molar-refractivity contribution in [2.45, 2.75) is 12.8 Å². The smallest absolute Gasteiger partial charge is 0.337 e. The summed E-state index contributed by atoms with van der Waals surface area (Å²) in [6.07, 6.45) is 0. The van der Waals surface area contributed by atoms with Crippen LogP contribution in [0, 0.1) is 6.92 Å². The number of ether oxygens (including phenoxy) is 1. The number of anilines is 1. The lowest BCUT2D eigenvalue weighted by molar-refractivity contribution is -0.136. The molecule has 0 saturated heterocycles. The highest BCUT2D eigenvalue weighted by Gasteiger charge is 2.40. The summed E-state index contributed by atoms with van der Waals surface area (Å²) < 4.78 is 6.38. The van der Waals surface area contributed by atoms with Gasteiger partial charge in [0, 0.05) is 27.2 Å². The van der Waals surface area contributed by atoms with Crippen molar-refractivity contribution < 1.29 is 9.53 Å². The van der Waals surface area contributed by atoms with Crippen molar-refractivity contribution in [3.05, 3.63) is 67.8 Å². The van der Waals surface area contributed by atoms with Crippen LogP contribution in [0.1, 0.15) is 22.1 Å². The Labute approximate surface area is 163 Å². The van der Waals surface area contributed by atoms with E-state index in [1.165, 1.54) is 0 Å². The van der Waals surface area contributed by atoms with Gasteiger partial charge in [-0.2, -0.15) is 0 Å². The molecule has 2 aliphatic rings. The number of esters is 1. The quantitative estimate of drug-likeness (QED) is 0.562. The van der Waals surface area contributed by atoms with Gasteiger partial charge in [0.15, 0.2) is 0 Å². The van der Waals surface area contributed by atoms with Crippen LogP contribution in [0.4, 0.5) is 5.69 Å². The SMILES string of the molecule is Cc1nc2c3c(ccc2s1)NC1=C(C(=O)OC1)C3c1ccc(Cl)cc1Cl. The molecule has 1 aromatic heterocycles. The number of cyclic esters (lactones) is 1. The first kappa shape index (κ1) is 16.1. The van der Waals surface area contributed by atoms with Gasteiger partial charge in [-0.1, -0.05) is 29.3 Å². The average Bonchev–Trinajstić information content (AvgIpc) is 3.15. The molecule has 1 atom stereocenters. The number of halogens is 2. The van der Waals surface area contributed by atoms with E-state index in [1.807, 2.05) is 19.1 Å². The molecule has 2 aromatic carbocycles. The number of nitrogens with zero attached hydrogens (tertiary/aromatic N) is 1. The summed E-state index contributed by atoms with van der Waals surface area (Å²) in [7, 11) is 0. The predicted octanol–water partition coefficient (Wildman–Crippen LogP) is 5.28. The molecule has 7 heteroatoms. The molecule has 3 aromatic rings. The minimum Gasteiger partial charge on any atom is -0.456 e. The van der Waals surface area contributed by atoms with Gasteiger partial charge in [0.1, 0.15) is 6.61 Å². The third kappa shape index (κ3) is 2.28. The molecular weight excluding hydrogens is 391 g/mol. The lowest BCUT2D eigenvalue weighted by Crippen LogP contribution is -2.20. The van der Waals surface area contributed by atoms with Crippen LogP contribution in [0.2, 0.25) is 10.0 Å². The van der Waals surface area contributed by atoms with E-state index >= 15 is 0 Å². The molecule has 0 fully saturated rings. The number of aromatic nitrogens is 1. The molecule has 0 amide bonds. The first-order valence-electron chi connectivity index (χ1n) is 8.05. The van der Waals surface area contributed by atoms with Crippen molar-refractivity contribution in [1.29, 1.82) is 0 Å². The number of thiazole rings is 1. The van der Waals surface area contributed by atoms with E-state index in [2.05, 4.69) is 11.4 Å². The Morgan fingerprint density at radius 3 is 2.92 bits per heavy atom. The lowest BCUT2D eigenvalue weighted by atomic mass is 9.80. The topological polar surface area (TPSA) is 51.2 Å². The van der Waals surface area contributed by atoms with E-state index in [0.29, 0.717) is 15.6 Å². The van der Waals surface area contributed by atoms with Crippen molar-refractivity contribution >= 4 is 56.4 Å². The van der Waals surface area contributed by atoms with Crippen molar-refractivity contribution in [3.63, 3.8) is 0 Å². The van der Waals surface area contributed by atoms with Crippen molar-refractivity contribution in [2.24, 2.45) is 0 Å². The molecule has 1 unspecified atom stereocenters. The maximum absolute atomic E-state index is 12.5. The summed E-state index contributed by atoms with van der Waals surface area (Å²) in [5, 5.41) is 5.40. The van der Waals surface area contributed by atoms with E-state index < -0.39 is 0 Å². The van der Waals surface area contributed by atoms with Crippen LogP contribution in [-0.2, 0) is 9.53 Å². The Morgan fingerprint density at radius 2 is 2.12 bits per heavy atom. The van der Waals surface area contributed by atoms with E-state index in [9.17, 15) is 4.79 Å². The summed E-state index contributed by atoms with van der Waals surface area (Å²) in [4.78, 5) is 17.2. The van der Waals surface area contributed by atoms with Crippen molar-refractivity contribution in [3.8, 4) is 0 Å². The number of hydrogen-bond acceptors (Lipinski definition) is 5. The Hall–Kier alpha value is -2.08. The van der Waals surface area contributed by atoms with Gasteiger partial charge in [0.2, 0.25) is 0 Å². The van der Waals surface area contributed by atoms with Crippen molar-refractivity contribution in [1.82, 2.24) is 4.98 Å². The maximum atomic E-state index is 12.5. The monoisotopic (exact) mass is 402 g/mol. The zero-order valence-corrected chi connectivity index (χ0v) is 15.9. The van der Waals surface area contributed by atoms with Gasteiger partial charge >= 0.3 is 5.97 Å². The molecule has 0 saturated carbocycles. The highest BCUT2D eigenvalue weighted by Crippen LogP contribution is 2.49. The van der Waals surface area contributed by atoms with Crippen LogP contribution in [0.15, 0.2) is 41.6 Å². The van der Waals surface area contributed by atoms with Crippen molar-refractivity contribution in [2.75, 3.05) is 11.9 Å². The first-order chi connectivity index (χ1) is 12.5. The van der Waals surface area contributed by atoms with Gasteiger partial charge in [-0.3, -0.25) is 0 Å². The normalized spacial score (nSPS) is 18.6. The van der Waals surface area contributed by atoms with Crippen LogP contribution >= 0.6 is 34.5 Å². The summed E-state index contributed by atoms with van der Waals surface area (Å²) in [6, 6.07) is 9.44. The average molecular weight is 403 g/mol. The van der Waals surface area contributed by atoms with Gasteiger partial charge in [-0.15, -0.1) is 11.3 Å². The zero-order valence-electron chi connectivity index (χ0n) is 13.6. The molecule has 26 heavy (non-hydrogen) atoms. The second-order valence-electron chi connectivity index (χ2n) is 6.30. The molecule has 0 radical (unpaired) electrons. The highest BCUT2D eigenvalue weighted by atomic mass is 35.5. The van der Waals surface area contributed by atoms with Crippen LogP contribution in [0.3, 0.4) is 0 Å². The standard InChI is InChI=1S/C19H12Cl2N2O2S/c1-8-22-18-14(26-8)5-4-12-16(18)15(10-3-2-9(20)6-11(10)21)17-13(23-12)7-25-19(17)24/h2-6,15,23H,7H2,1H3. The zero-order chi connectivity index (χ0) is 18.0. The van der Waals surface area contributed by atoms with Crippen LogP contribution < -0.4 is 5.32 Å². The van der Waals surface area contributed by atoms with Gasteiger partial charge in [-0.05, 0) is 36.8 Å². The predicted molar refractivity (Wildman–Crippen MR) is 104 cm³/mol. The number of hydrogen-bond donors (Lipinski definition) is 1. The molecule has 130 valence electrons.